The molecule has 2 aromatic carbocycles. The Labute approximate surface area is 139 Å². The van der Waals surface area contributed by atoms with Gasteiger partial charge in [0.05, 0.1) is 5.27 Å². The molecule has 3 aromatic rings. The maximum absolute atomic E-state index is 14.2. The van der Waals surface area contributed by atoms with Crippen LogP contribution in [0.15, 0.2) is 34.9 Å². The summed E-state index contributed by atoms with van der Waals surface area (Å²) in [6.07, 6.45) is -5.70. The second-order valence-electron chi connectivity index (χ2n) is 4.96. The molecule has 0 fully saturated rings. The van der Waals surface area contributed by atoms with Crippen molar-refractivity contribution in [2.24, 2.45) is 0 Å². The Morgan fingerprint density at radius 2 is 1.42 bits per heavy atom. The van der Waals surface area contributed by atoms with Gasteiger partial charge in [0.25, 0.3) is 5.69 Å². The molecule has 0 aliphatic rings. The first-order valence-electron chi connectivity index (χ1n) is 6.72. The van der Waals surface area contributed by atoms with E-state index in [0.29, 0.717) is 4.68 Å². The number of nitrogens with zero attached hydrogens (tertiary/aromatic N) is 2. The third-order valence-corrected chi connectivity index (χ3v) is 3.39. The Morgan fingerprint density at radius 3 is 1.92 bits per heavy atom. The van der Waals surface area contributed by atoms with Gasteiger partial charge in [0, 0.05) is 12.1 Å². The molecule has 0 bridgehead atoms. The Morgan fingerprint density at radius 1 is 0.885 bits per heavy atom. The predicted molar refractivity (Wildman–Crippen MR) is 67.8 cm³/mol. The molecule has 0 saturated carbocycles. The van der Waals surface area contributed by atoms with Crippen LogP contribution >= 0.6 is 0 Å². The Balaban J connectivity index is 2.36. The van der Waals surface area contributed by atoms with Crippen molar-refractivity contribution < 1.29 is 45.0 Å². The molecule has 1 aromatic heterocycles. The quantitative estimate of drug-likeness (QED) is 0.391. The van der Waals surface area contributed by atoms with E-state index in [2.05, 4.69) is 9.79 Å². The molecule has 0 aliphatic heterocycles. The van der Waals surface area contributed by atoms with E-state index < -0.39 is 52.2 Å². The summed E-state index contributed by atoms with van der Waals surface area (Å²) in [5, 5.41) is 15.0. The molecule has 0 saturated heterocycles. The monoisotopic (exact) mass is 378 g/mol. The SMILES string of the molecule is [O-]c1on[n+](-c2ccccc2)c1-c1c(F)c(F)c(C(F)(F)F)c(F)c1F. The van der Waals surface area contributed by atoms with Gasteiger partial charge in [0.15, 0.2) is 29.2 Å². The van der Waals surface area contributed by atoms with Crippen LogP contribution in [0, 0.1) is 23.3 Å². The van der Waals surface area contributed by atoms with Crippen molar-refractivity contribution in [3.63, 3.8) is 0 Å². The maximum Gasteiger partial charge on any atom is 0.422 e. The smallest absolute Gasteiger partial charge is 0.422 e. The molecule has 0 N–H and O–H groups in total. The summed E-state index contributed by atoms with van der Waals surface area (Å²) >= 11 is 0. The van der Waals surface area contributed by atoms with Crippen molar-refractivity contribution in [2.75, 3.05) is 0 Å². The minimum atomic E-state index is -5.70. The number of benzene rings is 2. The van der Waals surface area contributed by atoms with Crippen LogP contribution in [-0.2, 0) is 6.18 Å². The Hall–Kier alpha value is -3.11. The standard InChI is InChI=1S/C15H5F7N2O2/c16-9-7(10(17)12(19)8(11(9)18)15(20,21)22)13-14(25)26-23-24(13)6-4-2-1-3-5-6/h1-5H. The summed E-state index contributed by atoms with van der Waals surface area (Å²) < 4.78 is 98.7. The number of hydrogen-bond donors (Lipinski definition) is 0. The molecule has 11 heteroatoms. The maximum atomic E-state index is 14.2. The van der Waals surface area contributed by atoms with Gasteiger partial charge in [-0.15, -0.1) is 0 Å². The molecule has 0 radical (unpaired) electrons. The fourth-order valence-electron chi connectivity index (χ4n) is 2.29. The minimum Gasteiger partial charge on any atom is -0.539 e. The summed E-state index contributed by atoms with van der Waals surface area (Å²) in [4.78, 5) is 0. The highest BCUT2D eigenvalue weighted by Gasteiger charge is 2.44. The number of rotatable bonds is 2. The summed E-state index contributed by atoms with van der Waals surface area (Å²) in [7, 11) is 0. The lowest BCUT2D eigenvalue weighted by Crippen LogP contribution is -2.35. The Kier molecular flexibility index (Phi) is 4.09. The lowest BCUT2D eigenvalue weighted by atomic mass is 10.0. The molecule has 0 amide bonds. The highest BCUT2D eigenvalue weighted by Crippen LogP contribution is 2.40. The van der Waals surface area contributed by atoms with Gasteiger partial charge in [-0.25, -0.2) is 17.6 Å². The van der Waals surface area contributed by atoms with E-state index in [1.807, 2.05) is 0 Å². The molecule has 1 heterocycles. The number of halogens is 7. The fourth-order valence-corrected chi connectivity index (χ4v) is 2.29. The van der Waals surface area contributed by atoms with Gasteiger partial charge < -0.3 is 9.63 Å². The van der Waals surface area contributed by atoms with Crippen molar-refractivity contribution in [3.8, 4) is 22.9 Å². The van der Waals surface area contributed by atoms with Crippen LogP contribution in [0.5, 0.6) is 5.95 Å². The number of para-hydroxylation sites is 1. The van der Waals surface area contributed by atoms with E-state index in [4.69, 9.17) is 0 Å². The first kappa shape index (κ1) is 17.7. The van der Waals surface area contributed by atoms with E-state index in [1.165, 1.54) is 24.3 Å². The van der Waals surface area contributed by atoms with E-state index in [-0.39, 0.29) is 5.69 Å². The second kappa shape index (κ2) is 6.00. The van der Waals surface area contributed by atoms with Crippen LogP contribution in [0.2, 0.25) is 0 Å². The Bertz CT molecular complexity index is 955. The largest absolute Gasteiger partial charge is 0.539 e. The predicted octanol–water partition coefficient (Wildman–Crippen LogP) is 3.27. The van der Waals surface area contributed by atoms with Gasteiger partial charge in [-0.2, -0.15) is 13.2 Å². The minimum absolute atomic E-state index is 0.00728. The zero-order valence-corrected chi connectivity index (χ0v) is 12.2. The summed E-state index contributed by atoms with van der Waals surface area (Å²) in [5.41, 5.74) is -5.51. The third kappa shape index (κ3) is 2.65. The first-order valence-corrected chi connectivity index (χ1v) is 6.72. The van der Waals surface area contributed by atoms with E-state index in [1.54, 1.807) is 6.07 Å². The molecular formula is C15H5F7N2O2. The van der Waals surface area contributed by atoms with Crippen LogP contribution in [0.4, 0.5) is 30.7 Å². The lowest BCUT2D eigenvalue weighted by Gasteiger charge is -2.12. The third-order valence-electron chi connectivity index (χ3n) is 3.39. The number of alkyl halides is 3. The average Bonchev–Trinajstić information content (AvgIpc) is 2.95. The average molecular weight is 378 g/mol. The van der Waals surface area contributed by atoms with Crippen LogP contribution in [0.1, 0.15) is 5.56 Å². The molecule has 0 atom stereocenters. The molecule has 136 valence electrons. The summed E-state index contributed by atoms with van der Waals surface area (Å²) in [6.45, 7) is 0. The molecule has 0 unspecified atom stereocenters. The first-order chi connectivity index (χ1) is 12.1. The van der Waals surface area contributed by atoms with E-state index >= 15 is 0 Å². The van der Waals surface area contributed by atoms with Crippen molar-refractivity contribution in [3.05, 3.63) is 59.2 Å². The lowest BCUT2D eigenvalue weighted by molar-refractivity contribution is -0.660. The number of aromatic nitrogens is 2. The van der Waals surface area contributed by atoms with Crippen molar-refractivity contribution >= 4 is 0 Å². The molecule has 3 rings (SSSR count). The van der Waals surface area contributed by atoms with Crippen LogP contribution in [0.25, 0.3) is 16.9 Å². The molecular weight excluding hydrogens is 373 g/mol. The second-order valence-corrected chi connectivity index (χ2v) is 4.96. The highest BCUT2D eigenvalue weighted by molar-refractivity contribution is 5.63. The fraction of sp³-hybridized carbons (Fsp3) is 0.0667. The summed E-state index contributed by atoms with van der Waals surface area (Å²) in [5.74, 6) is -11.7. The number of hydrogen-bond acceptors (Lipinski definition) is 3. The molecule has 26 heavy (non-hydrogen) atoms. The zero-order valence-electron chi connectivity index (χ0n) is 12.2. The molecule has 0 aliphatic carbocycles. The van der Waals surface area contributed by atoms with Crippen LogP contribution < -0.4 is 9.79 Å². The molecule has 4 nitrogen and oxygen atoms in total. The van der Waals surface area contributed by atoms with Gasteiger partial charge in [-0.05, 0) is 4.68 Å². The van der Waals surface area contributed by atoms with Gasteiger partial charge in [-0.1, -0.05) is 18.2 Å². The van der Waals surface area contributed by atoms with Gasteiger partial charge >= 0.3 is 6.18 Å². The highest BCUT2D eigenvalue weighted by atomic mass is 19.4. The summed E-state index contributed by atoms with van der Waals surface area (Å²) in [6, 6.07) is 7.02. The van der Waals surface area contributed by atoms with Crippen LogP contribution in [-0.4, -0.2) is 5.27 Å². The van der Waals surface area contributed by atoms with Crippen molar-refractivity contribution in [1.82, 2.24) is 5.27 Å². The van der Waals surface area contributed by atoms with Crippen molar-refractivity contribution in [1.29, 1.82) is 0 Å². The van der Waals surface area contributed by atoms with Gasteiger partial charge in [0.1, 0.15) is 11.1 Å². The van der Waals surface area contributed by atoms with Gasteiger partial charge in [-0.3, -0.25) is 0 Å². The van der Waals surface area contributed by atoms with E-state index in [9.17, 15) is 35.8 Å². The molecule has 0 spiro atoms. The van der Waals surface area contributed by atoms with Gasteiger partial charge in [0.2, 0.25) is 5.69 Å². The van der Waals surface area contributed by atoms with Crippen molar-refractivity contribution in [2.45, 2.75) is 6.18 Å². The normalized spacial score (nSPS) is 11.8. The van der Waals surface area contributed by atoms with E-state index in [0.717, 1.165) is 0 Å². The topological polar surface area (TPSA) is 53.0 Å². The zero-order chi connectivity index (χ0) is 19.2. The van der Waals surface area contributed by atoms with Crippen LogP contribution in [0.3, 0.4) is 0 Å².